The first-order valence-corrected chi connectivity index (χ1v) is 15.6. The van der Waals surface area contributed by atoms with Crippen molar-refractivity contribution in [3.05, 3.63) is 71.3 Å². The second-order valence-corrected chi connectivity index (χ2v) is 12.2. The summed E-state index contributed by atoms with van der Waals surface area (Å²) in [6, 6.07) is 20.3. The molecule has 3 amide bonds. The molecule has 2 aliphatic rings. The van der Waals surface area contributed by atoms with Crippen LogP contribution in [0.1, 0.15) is 74.5 Å². The number of nitriles is 2. The molecule has 4 rings (SSSR count). The van der Waals surface area contributed by atoms with Gasteiger partial charge in [-0.3, -0.25) is 14.4 Å². The van der Waals surface area contributed by atoms with Crippen LogP contribution in [0.15, 0.2) is 54.6 Å². The van der Waals surface area contributed by atoms with Crippen LogP contribution in [0, 0.1) is 46.3 Å². The molecule has 2 aromatic rings. The minimum Gasteiger partial charge on any atom is -0.354 e. The second kappa shape index (κ2) is 15.9. The van der Waals surface area contributed by atoms with Crippen molar-refractivity contribution in [3.63, 3.8) is 0 Å². The molecule has 0 unspecified atom stereocenters. The number of amides is 3. The van der Waals surface area contributed by atoms with Gasteiger partial charge in [-0.15, -0.1) is 0 Å². The van der Waals surface area contributed by atoms with Crippen molar-refractivity contribution in [1.82, 2.24) is 15.5 Å². The van der Waals surface area contributed by atoms with E-state index in [4.69, 9.17) is 0 Å². The van der Waals surface area contributed by atoms with Crippen molar-refractivity contribution in [1.29, 1.82) is 10.5 Å². The molecule has 0 aliphatic heterocycles. The zero-order chi connectivity index (χ0) is 30.6. The van der Waals surface area contributed by atoms with Gasteiger partial charge in [-0.1, -0.05) is 61.7 Å². The second-order valence-electron chi connectivity index (χ2n) is 12.2. The van der Waals surface area contributed by atoms with Gasteiger partial charge in [-0.25, -0.2) is 0 Å². The molecule has 2 saturated carbocycles. The van der Waals surface area contributed by atoms with Crippen molar-refractivity contribution in [2.75, 3.05) is 13.6 Å². The first kappa shape index (κ1) is 31.8. The van der Waals surface area contributed by atoms with Gasteiger partial charge in [-0.05, 0) is 80.0 Å². The maximum atomic E-state index is 14.0. The zero-order valence-electron chi connectivity index (χ0n) is 25.1. The molecule has 0 bridgehead atoms. The molecule has 2 aromatic carbocycles. The summed E-state index contributed by atoms with van der Waals surface area (Å²) in [5, 5.41) is 24.6. The quantitative estimate of drug-likeness (QED) is 0.366. The van der Waals surface area contributed by atoms with Crippen LogP contribution in [0.25, 0.3) is 0 Å². The van der Waals surface area contributed by atoms with Crippen molar-refractivity contribution >= 4 is 17.7 Å². The number of hydrogen-bond acceptors (Lipinski definition) is 5. The van der Waals surface area contributed by atoms with Gasteiger partial charge in [0.25, 0.3) is 0 Å². The minimum absolute atomic E-state index is 0.0136. The number of carbonyl (C=O) groups excluding carboxylic acids is 3. The summed E-state index contributed by atoms with van der Waals surface area (Å²) in [5.41, 5.74) is 2.24. The highest BCUT2D eigenvalue weighted by Gasteiger charge is 2.36. The van der Waals surface area contributed by atoms with Crippen LogP contribution >= 0.6 is 0 Å². The third kappa shape index (κ3) is 9.16. The van der Waals surface area contributed by atoms with E-state index in [0.29, 0.717) is 24.6 Å². The van der Waals surface area contributed by atoms with Crippen LogP contribution in [0.4, 0.5) is 0 Å². The lowest BCUT2D eigenvalue weighted by molar-refractivity contribution is -0.143. The van der Waals surface area contributed by atoms with Gasteiger partial charge in [0.15, 0.2) is 0 Å². The molecule has 8 heteroatoms. The van der Waals surface area contributed by atoms with Crippen molar-refractivity contribution in [2.24, 2.45) is 23.7 Å². The number of carbonyl (C=O) groups is 3. The van der Waals surface area contributed by atoms with Crippen LogP contribution in [-0.2, 0) is 27.3 Å². The highest BCUT2D eigenvalue weighted by Crippen LogP contribution is 2.29. The fraction of sp³-hybridized carbons (Fsp3) is 0.514. The summed E-state index contributed by atoms with van der Waals surface area (Å²) in [6.45, 7) is 0.890. The van der Waals surface area contributed by atoms with Gasteiger partial charge in [0.05, 0.1) is 17.7 Å². The molecular weight excluding hydrogens is 538 g/mol. The summed E-state index contributed by atoms with van der Waals surface area (Å²) >= 11 is 0. The van der Waals surface area contributed by atoms with Gasteiger partial charge in [0, 0.05) is 26.1 Å². The van der Waals surface area contributed by atoms with E-state index in [-0.39, 0.29) is 30.1 Å². The zero-order valence-corrected chi connectivity index (χ0v) is 25.1. The van der Waals surface area contributed by atoms with Crippen molar-refractivity contribution in [3.8, 4) is 12.1 Å². The molecule has 43 heavy (non-hydrogen) atoms. The van der Waals surface area contributed by atoms with Crippen LogP contribution in [0.2, 0.25) is 0 Å². The Morgan fingerprint density at radius 2 is 1.53 bits per heavy atom. The van der Waals surface area contributed by atoms with Crippen molar-refractivity contribution < 1.29 is 14.4 Å². The SMILES string of the molecule is CN(Cc1ccccc1)C(=O)[C@@H](Cc1ccc(C#N)cc1)C(=O)N[C@@H](C(=O)NCC1CCC(C#N)CC1)C1CCCCC1. The Hall–Kier alpha value is -4.17. The van der Waals surface area contributed by atoms with E-state index >= 15 is 0 Å². The maximum Gasteiger partial charge on any atom is 0.242 e. The third-order valence-electron chi connectivity index (χ3n) is 9.07. The Labute approximate surface area is 255 Å². The average Bonchev–Trinajstić information content (AvgIpc) is 3.06. The first-order chi connectivity index (χ1) is 20.9. The molecule has 0 heterocycles. The molecule has 2 atom stereocenters. The molecule has 8 nitrogen and oxygen atoms in total. The van der Waals surface area contributed by atoms with Gasteiger partial charge in [-0.2, -0.15) is 10.5 Å². The Bertz CT molecular complexity index is 1300. The van der Waals surface area contributed by atoms with E-state index in [1.165, 1.54) is 0 Å². The lowest BCUT2D eigenvalue weighted by Gasteiger charge is -2.32. The van der Waals surface area contributed by atoms with E-state index in [0.717, 1.165) is 68.9 Å². The van der Waals surface area contributed by atoms with E-state index in [1.807, 2.05) is 30.3 Å². The molecule has 0 radical (unpaired) electrons. The number of nitrogens with zero attached hydrogens (tertiary/aromatic N) is 3. The predicted octanol–water partition coefficient (Wildman–Crippen LogP) is 4.89. The van der Waals surface area contributed by atoms with Gasteiger partial charge in [0.2, 0.25) is 17.7 Å². The fourth-order valence-corrected chi connectivity index (χ4v) is 6.41. The van der Waals surface area contributed by atoms with Crippen LogP contribution in [-0.4, -0.2) is 42.3 Å². The highest BCUT2D eigenvalue weighted by atomic mass is 16.2. The molecule has 2 aliphatic carbocycles. The Kier molecular flexibility index (Phi) is 11.7. The predicted molar refractivity (Wildman–Crippen MR) is 164 cm³/mol. The van der Waals surface area contributed by atoms with Crippen molar-refractivity contribution in [2.45, 2.75) is 76.8 Å². The molecule has 2 fully saturated rings. The standard InChI is InChI=1S/C35H43N5O3/c1-40(24-29-8-4-2-5-9-29)35(43)31(20-25-12-14-26(21-36)15-13-25)33(41)39-32(30-10-6-3-7-11-30)34(42)38-23-28-18-16-27(22-37)17-19-28/h2,4-5,8-9,12-15,27-28,30-32H,3,6-7,10-11,16-20,23-24H2,1H3,(H,38,42)(H,39,41)/t27?,28?,31-,32+/m0/s1. The van der Waals surface area contributed by atoms with Crippen LogP contribution in [0.5, 0.6) is 0 Å². The van der Waals surface area contributed by atoms with E-state index in [9.17, 15) is 24.9 Å². The molecule has 2 N–H and O–H groups in total. The molecule has 226 valence electrons. The van der Waals surface area contributed by atoms with Gasteiger partial charge < -0.3 is 15.5 Å². The summed E-state index contributed by atoms with van der Waals surface area (Å²) in [6.07, 6.45) is 8.54. The summed E-state index contributed by atoms with van der Waals surface area (Å²) in [5.74, 6) is -1.54. The number of hydrogen-bond donors (Lipinski definition) is 2. The Morgan fingerprint density at radius 3 is 2.16 bits per heavy atom. The van der Waals surface area contributed by atoms with Gasteiger partial charge in [0.1, 0.15) is 12.0 Å². The Balaban J connectivity index is 1.50. The lowest BCUT2D eigenvalue weighted by Crippen LogP contribution is -2.55. The fourth-order valence-electron chi connectivity index (χ4n) is 6.41. The highest BCUT2D eigenvalue weighted by molar-refractivity contribution is 6.02. The normalized spacial score (nSPS) is 20.1. The minimum atomic E-state index is -1.03. The summed E-state index contributed by atoms with van der Waals surface area (Å²) in [4.78, 5) is 43.0. The molecule has 0 spiro atoms. The maximum absolute atomic E-state index is 14.0. The summed E-state index contributed by atoms with van der Waals surface area (Å²) in [7, 11) is 1.70. The Morgan fingerprint density at radius 1 is 0.860 bits per heavy atom. The number of rotatable bonds is 11. The summed E-state index contributed by atoms with van der Waals surface area (Å²) < 4.78 is 0. The van der Waals surface area contributed by atoms with E-state index in [1.54, 1.807) is 36.2 Å². The monoisotopic (exact) mass is 581 g/mol. The third-order valence-corrected chi connectivity index (χ3v) is 9.07. The topological polar surface area (TPSA) is 126 Å². The van der Waals surface area contributed by atoms with Crippen LogP contribution < -0.4 is 10.6 Å². The lowest BCUT2D eigenvalue weighted by atomic mass is 9.82. The first-order valence-electron chi connectivity index (χ1n) is 15.6. The van der Waals surface area contributed by atoms with Gasteiger partial charge >= 0.3 is 0 Å². The van der Waals surface area contributed by atoms with Crippen LogP contribution in [0.3, 0.4) is 0 Å². The van der Waals surface area contributed by atoms with E-state index < -0.39 is 17.9 Å². The molecule has 0 saturated heterocycles. The molecule has 0 aromatic heterocycles. The number of benzene rings is 2. The molecular formula is C35H43N5O3. The average molecular weight is 582 g/mol. The van der Waals surface area contributed by atoms with E-state index in [2.05, 4.69) is 22.8 Å². The number of nitrogens with one attached hydrogen (secondary N) is 2. The smallest absolute Gasteiger partial charge is 0.242 e. The largest absolute Gasteiger partial charge is 0.354 e.